The molecule has 1 saturated heterocycles. The first-order valence-electron chi connectivity index (χ1n) is 9.68. The first kappa shape index (κ1) is 19.3. The van der Waals surface area contributed by atoms with Gasteiger partial charge in [-0.25, -0.2) is 0 Å². The van der Waals surface area contributed by atoms with E-state index in [9.17, 15) is 5.11 Å². The summed E-state index contributed by atoms with van der Waals surface area (Å²) in [5.74, 6) is -0.0404. The molecule has 0 aromatic heterocycles. The smallest absolute Gasteiger partial charge is 0.0974 e. The highest BCUT2D eigenvalue weighted by Gasteiger charge is 2.45. The van der Waals surface area contributed by atoms with Crippen molar-refractivity contribution in [2.24, 2.45) is 0 Å². The van der Waals surface area contributed by atoms with Crippen LogP contribution in [0.5, 0.6) is 0 Å². The van der Waals surface area contributed by atoms with Crippen LogP contribution in [-0.4, -0.2) is 41.7 Å². The number of morpholine rings is 1. The van der Waals surface area contributed by atoms with Gasteiger partial charge >= 0.3 is 0 Å². The van der Waals surface area contributed by atoms with Crippen molar-refractivity contribution in [3.63, 3.8) is 0 Å². The second-order valence-corrected chi connectivity index (χ2v) is 7.94. The number of ether oxygens (including phenoxy) is 1. The van der Waals surface area contributed by atoms with E-state index in [2.05, 4.69) is 105 Å². The molecule has 0 radical (unpaired) electrons. The monoisotopic (exact) mass is 391 g/mol. The molecule has 3 unspecified atom stereocenters. The Bertz CT molecular complexity index is 776. The molecule has 1 aliphatic heterocycles. The zero-order valence-electron chi connectivity index (χ0n) is 15.8. The van der Waals surface area contributed by atoms with Gasteiger partial charge in [-0.15, -0.1) is 9.24 Å². The van der Waals surface area contributed by atoms with Crippen LogP contribution in [0.15, 0.2) is 91.0 Å². The van der Waals surface area contributed by atoms with Gasteiger partial charge in [-0.3, -0.25) is 4.90 Å². The van der Waals surface area contributed by atoms with Gasteiger partial charge in [-0.2, -0.15) is 0 Å². The van der Waals surface area contributed by atoms with E-state index in [1.165, 1.54) is 16.7 Å². The number of nitrogens with zero attached hydrogens (tertiary/aromatic N) is 1. The Morgan fingerprint density at radius 1 is 0.786 bits per heavy atom. The predicted octanol–water partition coefficient (Wildman–Crippen LogP) is 3.87. The number of hydrogen-bond acceptors (Lipinski definition) is 3. The molecular formula is C24H26NO2P. The van der Waals surface area contributed by atoms with Crippen molar-refractivity contribution in [1.29, 1.82) is 0 Å². The van der Waals surface area contributed by atoms with E-state index < -0.39 is 5.54 Å². The van der Waals surface area contributed by atoms with Gasteiger partial charge in [0.05, 0.1) is 24.1 Å². The summed E-state index contributed by atoms with van der Waals surface area (Å²) in [5, 5.41) is 9.84. The Morgan fingerprint density at radius 2 is 1.21 bits per heavy atom. The molecule has 0 aliphatic carbocycles. The Kier molecular flexibility index (Phi) is 5.89. The lowest BCUT2D eigenvalue weighted by Gasteiger charge is -2.50. The van der Waals surface area contributed by atoms with Crippen molar-refractivity contribution < 1.29 is 9.84 Å². The molecule has 1 fully saturated rings. The molecule has 3 aromatic carbocycles. The van der Waals surface area contributed by atoms with Crippen LogP contribution >= 0.6 is 9.24 Å². The maximum Gasteiger partial charge on any atom is 0.0974 e. The van der Waals surface area contributed by atoms with Gasteiger partial charge in [0.2, 0.25) is 0 Å². The fourth-order valence-electron chi connectivity index (χ4n) is 4.33. The lowest BCUT2D eigenvalue weighted by molar-refractivity contribution is -0.0878. The summed E-state index contributed by atoms with van der Waals surface area (Å²) in [5.41, 5.74) is 3.17. The van der Waals surface area contributed by atoms with Gasteiger partial charge in [0, 0.05) is 13.1 Å². The minimum atomic E-state index is -0.462. The lowest BCUT2D eigenvalue weighted by atomic mass is 9.75. The van der Waals surface area contributed by atoms with Crippen LogP contribution in [0.1, 0.15) is 16.7 Å². The molecule has 1 N–H and O–H groups in total. The number of rotatable bonds is 5. The molecule has 3 nitrogen and oxygen atoms in total. The number of aliphatic hydroxyl groups excluding tert-OH is 1. The lowest BCUT2D eigenvalue weighted by Crippen LogP contribution is -2.57. The average molecular weight is 391 g/mol. The third-order valence-corrected chi connectivity index (χ3v) is 5.81. The van der Waals surface area contributed by atoms with Crippen LogP contribution in [0.2, 0.25) is 0 Å². The zero-order chi connectivity index (χ0) is 19.4. The molecule has 28 heavy (non-hydrogen) atoms. The largest absolute Gasteiger partial charge is 0.394 e. The second kappa shape index (κ2) is 8.55. The fourth-order valence-corrected chi connectivity index (χ4v) is 4.81. The van der Waals surface area contributed by atoms with Gasteiger partial charge in [-0.1, -0.05) is 91.0 Å². The summed E-state index contributed by atoms with van der Waals surface area (Å²) in [4.78, 5) is 2.45. The molecule has 144 valence electrons. The standard InChI is InChI=1S/C24H26NO2P/c26-18-22-16-25(17-23(28)27-22)24(19-10-4-1-5-11-19,20-12-6-2-7-13-20)21-14-8-3-9-15-21/h1-15,22-23,26H,16-18,28H2. The molecule has 0 bridgehead atoms. The first-order chi connectivity index (χ1) is 13.7. The minimum absolute atomic E-state index is 0.00977. The van der Waals surface area contributed by atoms with Gasteiger partial charge in [-0.05, 0) is 16.7 Å². The normalized spacial score (nSPS) is 20.8. The summed E-state index contributed by atoms with van der Waals surface area (Å²) >= 11 is 0. The SMILES string of the molecule is OCC1CN(C(c2ccccc2)(c2ccccc2)c2ccccc2)CC(P)O1. The quantitative estimate of drug-likeness (QED) is 0.529. The third-order valence-electron chi connectivity index (χ3n) is 5.44. The molecule has 1 heterocycles. The van der Waals surface area contributed by atoms with E-state index in [4.69, 9.17) is 4.74 Å². The topological polar surface area (TPSA) is 32.7 Å². The van der Waals surface area contributed by atoms with Crippen molar-refractivity contribution in [2.75, 3.05) is 19.7 Å². The van der Waals surface area contributed by atoms with Crippen molar-refractivity contribution >= 4 is 9.24 Å². The van der Waals surface area contributed by atoms with Gasteiger partial charge in [0.25, 0.3) is 0 Å². The van der Waals surface area contributed by atoms with E-state index in [0.717, 1.165) is 6.54 Å². The predicted molar refractivity (Wildman–Crippen MR) is 116 cm³/mol. The van der Waals surface area contributed by atoms with E-state index in [-0.39, 0.29) is 18.6 Å². The van der Waals surface area contributed by atoms with E-state index in [1.54, 1.807) is 0 Å². The second-order valence-electron chi connectivity index (χ2n) is 7.19. The van der Waals surface area contributed by atoms with Gasteiger partial charge in [0.1, 0.15) is 0 Å². The van der Waals surface area contributed by atoms with Crippen LogP contribution in [0, 0.1) is 0 Å². The summed E-state index contributed by atoms with van der Waals surface area (Å²) in [7, 11) is 2.78. The highest BCUT2D eigenvalue weighted by Crippen LogP contribution is 2.43. The summed E-state index contributed by atoms with van der Waals surface area (Å²) < 4.78 is 5.94. The molecule has 3 atom stereocenters. The van der Waals surface area contributed by atoms with E-state index >= 15 is 0 Å². The summed E-state index contributed by atoms with van der Waals surface area (Å²) in [6, 6.07) is 31.9. The molecule has 4 rings (SSSR count). The van der Waals surface area contributed by atoms with Crippen LogP contribution in [0.25, 0.3) is 0 Å². The minimum Gasteiger partial charge on any atom is -0.394 e. The molecule has 0 saturated carbocycles. The fraction of sp³-hybridized carbons (Fsp3) is 0.250. The number of hydrogen-bond donors (Lipinski definition) is 1. The first-order valence-corrected chi connectivity index (χ1v) is 10.4. The van der Waals surface area contributed by atoms with Gasteiger partial charge < -0.3 is 9.84 Å². The molecule has 4 heteroatoms. The summed E-state index contributed by atoms with van der Waals surface area (Å²) in [6.45, 7) is 1.41. The molecular weight excluding hydrogens is 365 g/mol. The molecule has 0 amide bonds. The van der Waals surface area contributed by atoms with Crippen molar-refractivity contribution in [2.45, 2.75) is 17.5 Å². The number of benzene rings is 3. The Balaban J connectivity index is 1.99. The maximum absolute atomic E-state index is 9.84. The van der Waals surface area contributed by atoms with E-state index in [0.29, 0.717) is 6.54 Å². The van der Waals surface area contributed by atoms with Crippen molar-refractivity contribution in [3.8, 4) is 0 Å². The number of aliphatic hydroxyl groups is 1. The molecule has 3 aromatic rings. The van der Waals surface area contributed by atoms with Crippen LogP contribution in [-0.2, 0) is 10.3 Å². The van der Waals surface area contributed by atoms with Crippen LogP contribution in [0.3, 0.4) is 0 Å². The Morgan fingerprint density at radius 3 is 1.61 bits per heavy atom. The Hall–Kier alpha value is -2.03. The van der Waals surface area contributed by atoms with Crippen molar-refractivity contribution in [3.05, 3.63) is 108 Å². The Labute approximate surface area is 169 Å². The van der Waals surface area contributed by atoms with Crippen molar-refractivity contribution in [1.82, 2.24) is 4.90 Å². The molecule has 0 spiro atoms. The highest BCUT2D eigenvalue weighted by molar-refractivity contribution is 7.17. The van der Waals surface area contributed by atoms with Crippen LogP contribution < -0.4 is 0 Å². The van der Waals surface area contributed by atoms with E-state index in [1.807, 2.05) is 0 Å². The zero-order valence-corrected chi connectivity index (χ0v) is 17.0. The third kappa shape index (κ3) is 3.52. The summed E-state index contributed by atoms with van der Waals surface area (Å²) in [6.07, 6.45) is -0.216. The van der Waals surface area contributed by atoms with Gasteiger partial charge in [0.15, 0.2) is 0 Å². The van der Waals surface area contributed by atoms with Crippen LogP contribution in [0.4, 0.5) is 0 Å². The highest BCUT2D eigenvalue weighted by atomic mass is 31.0. The molecule has 1 aliphatic rings. The maximum atomic E-state index is 9.84. The average Bonchev–Trinajstić information content (AvgIpc) is 2.76.